The first-order valence-electron chi connectivity index (χ1n) is 8.34. The fraction of sp³-hybridized carbons (Fsp3) is 0.556. The molecule has 2 N–H and O–H groups in total. The number of amides is 1. The Morgan fingerprint density at radius 1 is 1.32 bits per heavy atom. The number of alkyl carbamates (subject to hydrolysis) is 1. The molecule has 1 fully saturated rings. The zero-order valence-electron chi connectivity index (χ0n) is 14.8. The molecule has 0 aliphatic carbocycles. The van der Waals surface area contributed by atoms with Crippen molar-refractivity contribution in [2.45, 2.75) is 51.2 Å². The van der Waals surface area contributed by atoms with Gasteiger partial charge in [0.25, 0.3) is 6.47 Å². The smallest absolute Gasteiger partial charge is 0.407 e. The SMILES string of the molecule is CC(C)(C)OC(=O)NC1CC(O)CN(C(OC=O)c2ccccc2)C1. The Balaban J connectivity index is 2.07. The minimum absolute atomic E-state index is 0.305. The van der Waals surface area contributed by atoms with Crippen LogP contribution in [0.5, 0.6) is 0 Å². The van der Waals surface area contributed by atoms with Gasteiger partial charge >= 0.3 is 6.09 Å². The van der Waals surface area contributed by atoms with Gasteiger partial charge < -0.3 is 19.9 Å². The van der Waals surface area contributed by atoms with Gasteiger partial charge in [0.05, 0.1) is 6.10 Å². The van der Waals surface area contributed by atoms with Gasteiger partial charge in [-0.15, -0.1) is 0 Å². The summed E-state index contributed by atoms with van der Waals surface area (Å²) in [7, 11) is 0. The van der Waals surface area contributed by atoms with Gasteiger partial charge in [0.1, 0.15) is 5.60 Å². The van der Waals surface area contributed by atoms with Crippen LogP contribution in [0.15, 0.2) is 30.3 Å². The summed E-state index contributed by atoms with van der Waals surface area (Å²) in [5.74, 6) is 0. The second-order valence-corrected chi connectivity index (χ2v) is 7.18. The van der Waals surface area contributed by atoms with E-state index in [4.69, 9.17) is 9.47 Å². The number of rotatable bonds is 5. The molecule has 1 aromatic carbocycles. The van der Waals surface area contributed by atoms with Gasteiger partial charge in [0.15, 0.2) is 6.23 Å². The number of hydrogen-bond acceptors (Lipinski definition) is 6. The Hall–Kier alpha value is -2.12. The number of aliphatic hydroxyl groups excluding tert-OH is 1. The molecule has 0 bridgehead atoms. The van der Waals surface area contributed by atoms with Crippen molar-refractivity contribution in [2.24, 2.45) is 0 Å². The van der Waals surface area contributed by atoms with E-state index < -0.39 is 24.0 Å². The molecule has 1 aliphatic heterocycles. The van der Waals surface area contributed by atoms with Gasteiger partial charge in [-0.05, 0) is 27.2 Å². The third-order valence-corrected chi connectivity index (χ3v) is 3.78. The maximum atomic E-state index is 12.0. The molecule has 0 radical (unpaired) electrons. The van der Waals surface area contributed by atoms with Gasteiger partial charge in [0.2, 0.25) is 0 Å². The minimum atomic E-state index is -0.643. The molecule has 1 aliphatic rings. The molecule has 1 aromatic rings. The van der Waals surface area contributed by atoms with Crippen molar-refractivity contribution in [3.63, 3.8) is 0 Å². The summed E-state index contributed by atoms with van der Waals surface area (Å²) in [6, 6.07) is 8.98. The number of ether oxygens (including phenoxy) is 2. The summed E-state index contributed by atoms with van der Waals surface area (Å²) in [4.78, 5) is 24.7. The molecule has 138 valence electrons. The van der Waals surface area contributed by atoms with Crippen LogP contribution in [-0.2, 0) is 14.3 Å². The summed E-state index contributed by atoms with van der Waals surface area (Å²) in [5.41, 5.74) is 0.212. The number of carbonyl (C=O) groups excluding carboxylic acids is 2. The second kappa shape index (κ2) is 8.31. The number of benzene rings is 1. The number of nitrogens with one attached hydrogen (secondary N) is 1. The lowest BCUT2D eigenvalue weighted by Crippen LogP contribution is -2.54. The topological polar surface area (TPSA) is 88.1 Å². The van der Waals surface area contributed by atoms with Gasteiger partial charge in [-0.1, -0.05) is 30.3 Å². The normalized spacial score (nSPS) is 22.7. The second-order valence-electron chi connectivity index (χ2n) is 7.18. The molecule has 1 saturated heterocycles. The van der Waals surface area contributed by atoms with Crippen LogP contribution in [0.3, 0.4) is 0 Å². The van der Waals surface area contributed by atoms with E-state index in [-0.39, 0.29) is 6.04 Å². The van der Waals surface area contributed by atoms with E-state index in [1.54, 1.807) is 20.8 Å². The van der Waals surface area contributed by atoms with E-state index in [0.717, 1.165) is 5.56 Å². The van der Waals surface area contributed by atoms with Gasteiger partial charge in [-0.25, -0.2) is 4.79 Å². The highest BCUT2D eigenvalue weighted by Gasteiger charge is 2.33. The highest BCUT2D eigenvalue weighted by Crippen LogP contribution is 2.25. The average Bonchev–Trinajstić information content (AvgIpc) is 2.50. The molecular formula is C18H26N2O5. The summed E-state index contributed by atoms with van der Waals surface area (Å²) in [5, 5.41) is 13.0. The Labute approximate surface area is 147 Å². The van der Waals surface area contributed by atoms with Crippen LogP contribution in [-0.4, -0.2) is 53.4 Å². The van der Waals surface area contributed by atoms with Crippen molar-refractivity contribution < 1.29 is 24.2 Å². The largest absolute Gasteiger partial charge is 0.444 e. The van der Waals surface area contributed by atoms with E-state index >= 15 is 0 Å². The Morgan fingerprint density at radius 3 is 2.60 bits per heavy atom. The van der Waals surface area contributed by atoms with Crippen LogP contribution >= 0.6 is 0 Å². The number of aliphatic hydroxyl groups is 1. The lowest BCUT2D eigenvalue weighted by Gasteiger charge is -2.39. The molecule has 25 heavy (non-hydrogen) atoms. The zero-order chi connectivity index (χ0) is 18.4. The summed E-state index contributed by atoms with van der Waals surface area (Å²) >= 11 is 0. The van der Waals surface area contributed by atoms with Crippen LogP contribution in [0.25, 0.3) is 0 Å². The van der Waals surface area contributed by atoms with Crippen molar-refractivity contribution in [2.75, 3.05) is 13.1 Å². The van der Waals surface area contributed by atoms with Crippen molar-refractivity contribution in [3.8, 4) is 0 Å². The third kappa shape index (κ3) is 6.03. The lowest BCUT2D eigenvalue weighted by atomic mass is 10.0. The molecule has 1 heterocycles. The summed E-state index contributed by atoms with van der Waals surface area (Å²) in [6.07, 6.45) is -1.37. The number of piperidine rings is 1. The summed E-state index contributed by atoms with van der Waals surface area (Å²) in [6.45, 7) is 6.55. The molecule has 1 amide bonds. The Morgan fingerprint density at radius 2 is 2.00 bits per heavy atom. The highest BCUT2D eigenvalue weighted by atomic mass is 16.6. The molecule has 0 saturated carbocycles. The van der Waals surface area contributed by atoms with Gasteiger partial charge in [-0.2, -0.15) is 0 Å². The van der Waals surface area contributed by atoms with Gasteiger partial charge in [0, 0.05) is 24.7 Å². The van der Waals surface area contributed by atoms with Crippen molar-refractivity contribution in [1.29, 1.82) is 0 Å². The van der Waals surface area contributed by atoms with Crippen molar-refractivity contribution in [1.82, 2.24) is 10.2 Å². The van der Waals surface area contributed by atoms with Crippen LogP contribution < -0.4 is 5.32 Å². The molecule has 0 aromatic heterocycles. The first-order valence-corrected chi connectivity index (χ1v) is 8.34. The fourth-order valence-electron chi connectivity index (χ4n) is 2.92. The monoisotopic (exact) mass is 350 g/mol. The Kier molecular flexibility index (Phi) is 6.39. The van der Waals surface area contributed by atoms with E-state index in [9.17, 15) is 14.7 Å². The number of carbonyl (C=O) groups is 2. The molecule has 7 nitrogen and oxygen atoms in total. The molecule has 3 unspecified atom stereocenters. The van der Waals surface area contributed by atoms with E-state index in [1.165, 1.54) is 0 Å². The molecule has 3 atom stereocenters. The average molecular weight is 350 g/mol. The predicted molar refractivity (Wildman–Crippen MR) is 91.7 cm³/mol. The van der Waals surface area contributed by atoms with Crippen molar-refractivity contribution >= 4 is 12.6 Å². The maximum absolute atomic E-state index is 12.0. The van der Waals surface area contributed by atoms with Crippen LogP contribution in [0.1, 0.15) is 39.0 Å². The zero-order valence-corrected chi connectivity index (χ0v) is 14.8. The predicted octanol–water partition coefficient (Wildman–Crippen LogP) is 1.82. The van der Waals surface area contributed by atoms with Crippen molar-refractivity contribution in [3.05, 3.63) is 35.9 Å². The fourth-order valence-corrected chi connectivity index (χ4v) is 2.92. The third-order valence-electron chi connectivity index (χ3n) is 3.78. The standard InChI is InChI=1S/C18H26N2O5/c1-18(2,3)25-17(23)19-14-9-15(22)11-20(10-14)16(24-12-21)13-7-5-4-6-8-13/h4-8,12,14-16,22H,9-11H2,1-3H3,(H,19,23). The molecule has 0 spiro atoms. The number of β-amino-alcohol motifs (C(OH)–C–C–N with tert-alkyl or cyclic N) is 1. The van der Waals surface area contributed by atoms with Crippen LogP contribution in [0, 0.1) is 0 Å². The number of hydrogen-bond donors (Lipinski definition) is 2. The Bertz CT molecular complexity index is 573. The molecule has 7 heteroatoms. The summed E-state index contributed by atoms with van der Waals surface area (Å²) < 4.78 is 10.5. The maximum Gasteiger partial charge on any atom is 0.407 e. The highest BCUT2D eigenvalue weighted by molar-refractivity contribution is 5.68. The lowest BCUT2D eigenvalue weighted by molar-refractivity contribution is -0.148. The van der Waals surface area contributed by atoms with E-state index in [1.807, 2.05) is 35.2 Å². The van der Waals surface area contributed by atoms with E-state index in [0.29, 0.717) is 26.0 Å². The quantitative estimate of drug-likeness (QED) is 0.788. The number of likely N-dealkylation sites (tertiary alicyclic amines) is 1. The first-order chi connectivity index (χ1) is 11.8. The number of nitrogens with zero attached hydrogens (tertiary/aromatic N) is 1. The van der Waals surface area contributed by atoms with E-state index in [2.05, 4.69) is 5.32 Å². The molecular weight excluding hydrogens is 324 g/mol. The van der Waals surface area contributed by atoms with Gasteiger partial charge in [-0.3, -0.25) is 9.69 Å². The molecule has 2 rings (SSSR count). The van der Waals surface area contributed by atoms with Crippen LogP contribution in [0.4, 0.5) is 4.79 Å². The minimum Gasteiger partial charge on any atom is -0.444 e. The first kappa shape index (κ1) is 19.2. The van der Waals surface area contributed by atoms with Crippen LogP contribution in [0.2, 0.25) is 0 Å².